The summed E-state index contributed by atoms with van der Waals surface area (Å²) in [6.45, 7) is 9.79. The number of piperidine rings is 1. The SMILES string of the molecule is CC(C)(C)C1=NOC(C(=O)NC2CNCC3(CCOCC3)C2)C1. The minimum absolute atomic E-state index is 0.0380. The van der Waals surface area contributed by atoms with Crippen molar-refractivity contribution in [3.05, 3.63) is 0 Å². The molecule has 1 spiro atoms. The van der Waals surface area contributed by atoms with Gasteiger partial charge in [-0.2, -0.15) is 0 Å². The number of nitrogens with zero attached hydrogens (tertiary/aromatic N) is 1. The molecule has 6 nitrogen and oxygen atoms in total. The van der Waals surface area contributed by atoms with Gasteiger partial charge in [0.2, 0.25) is 6.10 Å². The first kappa shape index (κ1) is 16.7. The Morgan fingerprint density at radius 2 is 2.09 bits per heavy atom. The van der Waals surface area contributed by atoms with E-state index in [0.29, 0.717) is 6.42 Å². The Bertz CT molecular complexity index is 472. The van der Waals surface area contributed by atoms with E-state index in [-0.39, 0.29) is 22.8 Å². The smallest absolute Gasteiger partial charge is 0.264 e. The highest BCUT2D eigenvalue weighted by atomic mass is 16.6. The van der Waals surface area contributed by atoms with Crippen LogP contribution in [0.15, 0.2) is 5.16 Å². The third-order valence-electron chi connectivity index (χ3n) is 5.30. The van der Waals surface area contributed by atoms with Gasteiger partial charge in [0.1, 0.15) is 0 Å². The van der Waals surface area contributed by atoms with E-state index in [2.05, 4.69) is 36.6 Å². The molecule has 23 heavy (non-hydrogen) atoms. The van der Waals surface area contributed by atoms with Crippen LogP contribution in [-0.4, -0.2) is 50.1 Å². The van der Waals surface area contributed by atoms with Gasteiger partial charge in [0, 0.05) is 44.2 Å². The Labute approximate surface area is 138 Å². The molecular formula is C17H29N3O3. The molecule has 3 rings (SSSR count). The van der Waals surface area contributed by atoms with Gasteiger partial charge in [0.05, 0.1) is 5.71 Å². The van der Waals surface area contributed by atoms with E-state index in [1.54, 1.807) is 0 Å². The second kappa shape index (κ2) is 6.40. The third kappa shape index (κ3) is 3.86. The zero-order valence-corrected chi connectivity index (χ0v) is 14.5. The molecule has 3 heterocycles. The van der Waals surface area contributed by atoms with Crippen LogP contribution in [0.3, 0.4) is 0 Å². The van der Waals surface area contributed by atoms with Gasteiger partial charge in [0.15, 0.2) is 0 Å². The second-order valence-electron chi connectivity index (χ2n) is 8.24. The lowest BCUT2D eigenvalue weighted by Crippen LogP contribution is -2.56. The van der Waals surface area contributed by atoms with Crippen molar-refractivity contribution in [2.24, 2.45) is 16.0 Å². The number of oxime groups is 1. The maximum absolute atomic E-state index is 12.5. The average molecular weight is 323 g/mol. The molecule has 2 fully saturated rings. The molecule has 2 unspecified atom stereocenters. The van der Waals surface area contributed by atoms with E-state index < -0.39 is 6.10 Å². The number of hydrogen-bond acceptors (Lipinski definition) is 5. The van der Waals surface area contributed by atoms with Crippen molar-refractivity contribution in [2.45, 2.75) is 58.6 Å². The maximum atomic E-state index is 12.5. The molecule has 130 valence electrons. The lowest BCUT2D eigenvalue weighted by Gasteiger charge is -2.44. The molecule has 1 amide bonds. The van der Waals surface area contributed by atoms with Crippen molar-refractivity contribution in [3.63, 3.8) is 0 Å². The number of ether oxygens (including phenoxy) is 1. The molecule has 0 aromatic carbocycles. The predicted molar refractivity (Wildman–Crippen MR) is 88.3 cm³/mol. The van der Waals surface area contributed by atoms with Crippen LogP contribution in [0.4, 0.5) is 0 Å². The first-order valence-electron chi connectivity index (χ1n) is 8.70. The quantitative estimate of drug-likeness (QED) is 0.807. The fourth-order valence-electron chi connectivity index (χ4n) is 3.72. The highest BCUT2D eigenvalue weighted by Crippen LogP contribution is 2.36. The Morgan fingerprint density at radius 3 is 2.74 bits per heavy atom. The van der Waals surface area contributed by atoms with Crippen molar-refractivity contribution in [3.8, 4) is 0 Å². The molecule has 2 atom stereocenters. The van der Waals surface area contributed by atoms with Gasteiger partial charge in [-0.25, -0.2) is 0 Å². The van der Waals surface area contributed by atoms with E-state index in [1.807, 2.05) is 0 Å². The number of carbonyl (C=O) groups is 1. The normalized spacial score (nSPS) is 30.7. The van der Waals surface area contributed by atoms with Crippen LogP contribution < -0.4 is 10.6 Å². The third-order valence-corrected chi connectivity index (χ3v) is 5.30. The Hall–Kier alpha value is -1.14. The lowest BCUT2D eigenvalue weighted by molar-refractivity contribution is -0.132. The van der Waals surface area contributed by atoms with E-state index in [0.717, 1.165) is 51.3 Å². The van der Waals surface area contributed by atoms with Crippen molar-refractivity contribution >= 4 is 11.6 Å². The molecule has 2 saturated heterocycles. The number of nitrogens with one attached hydrogen (secondary N) is 2. The topological polar surface area (TPSA) is 72.0 Å². The van der Waals surface area contributed by atoms with Gasteiger partial charge in [-0.1, -0.05) is 25.9 Å². The van der Waals surface area contributed by atoms with Crippen LogP contribution in [0.5, 0.6) is 0 Å². The van der Waals surface area contributed by atoms with Gasteiger partial charge in [-0.05, 0) is 24.7 Å². The molecule has 3 aliphatic heterocycles. The van der Waals surface area contributed by atoms with Crippen LogP contribution in [0, 0.1) is 10.8 Å². The van der Waals surface area contributed by atoms with Crippen LogP contribution in [0.2, 0.25) is 0 Å². The summed E-state index contributed by atoms with van der Waals surface area (Å²) in [5.41, 5.74) is 1.19. The summed E-state index contributed by atoms with van der Waals surface area (Å²) in [6, 6.07) is 0.164. The standard InChI is InChI=1S/C17H29N3O3/c1-16(2,3)14-8-13(23-20-14)15(21)19-12-9-17(11-18-10-12)4-6-22-7-5-17/h12-13,18H,4-11H2,1-3H3,(H,19,21). The highest BCUT2D eigenvalue weighted by Gasteiger charge is 2.40. The van der Waals surface area contributed by atoms with Crippen molar-refractivity contribution in [2.75, 3.05) is 26.3 Å². The number of rotatable bonds is 2. The zero-order valence-electron chi connectivity index (χ0n) is 14.5. The molecule has 0 aromatic heterocycles. The van der Waals surface area contributed by atoms with Crippen LogP contribution in [-0.2, 0) is 14.4 Å². The maximum Gasteiger partial charge on any atom is 0.264 e. The number of hydrogen-bond donors (Lipinski definition) is 2. The molecule has 3 aliphatic rings. The second-order valence-corrected chi connectivity index (χ2v) is 8.24. The Kier molecular flexibility index (Phi) is 4.65. The fraction of sp³-hybridized carbons (Fsp3) is 0.882. The predicted octanol–water partition coefficient (Wildman–Crippen LogP) is 1.45. The summed E-state index contributed by atoms with van der Waals surface area (Å²) in [4.78, 5) is 17.9. The van der Waals surface area contributed by atoms with Gasteiger partial charge < -0.3 is 20.2 Å². The summed E-state index contributed by atoms with van der Waals surface area (Å²) in [6.07, 6.45) is 3.29. The minimum Gasteiger partial charge on any atom is -0.382 e. The van der Waals surface area contributed by atoms with Crippen LogP contribution in [0.1, 0.15) is 46.5 Å². The van der Waals surface area contributed by atoms with E-state index >= 15 is 0 Å². The number of amides is 1. The lowest BCUT2D eigenvalue weighted by atomic mass is 9.73. The summed E-state index contributed by atoms with van der Waals surface area (Å²) < 4.78 is 5.49. The first-order chi connectivity index (χ1) is 10.9. The van der Waals surface area contributed by atoms with Gasteiger partial charge in [-0.15, -0.1) is 0 Å². The Morgan fingerprint density at radius 1 is 1.35 bits per heavy atom. The molecule has 0 aromatic rings. The van der Waals surface area contributed by atoms with Crippen molar-refractivity contribution in [1.82, 2.24) is 10.6 Å². The van der Waals surface area contributed by atoms with Gasteiger partial charge in [0.25, 0.3) is 5.91 Å². The average Bonchev–Trinajstić information content (AvgIpc) is 2.98. The molecular weight excluding hydrogens is 294 g/mol. The molecule has 0 radical (unpaired) electrons. The largest absolute Gasteiger partial charge is 0.382 e. The minimum atomic E-state index is -0.475. The van der Waals surface area contributed by atoms with Gasteiger partial charge >= 0.3 is 0 Å². The molecule has 6 heteroatoms. The first-order valence-corrected chi connectivity index (χ1v) is 8.70. The summed E-state index contributed by atoms with van der Waals surface area (Å²) >= 11 is 0. The molecule has 0 aliphatic carbocycles. The van der Waals surface area contributed by atoms with Crippen LogP contribution in [0.25, 0.3) is 0 Å². The van der Waals surface area contributed by atoms with E-state index in [9.17, 15) is 4.79 Å². The van der Waals surface area contributed by atoms with Crippen molar-refractivity contribution < 1.29 is 14.4 Å². The Balaban J connectivity index is 1.52. The highest BCUT2D eigenvalue weighted by molar-refractivity contribution is 5.95. The van der Waals surface area contributed by atoms with Crippen molar-refractivity contribution in [1.29, 1.82) is 0 Å². The monoisotopic (exact) mass is 323 g/mol. The number of carbonyl (C=O) groups excluding carboxylic acids is 1. The summed E-state index contributed by atoms with van der Waals surface area (Å²) in [7, 11) is 0. The fourth-order valence-corrected chi connectivity index (χ4v) is 3.72. The summed E-state index contributed by atoms with van der Waals surface area (Å²) in [5.74, 6) is -0.0380. The molecule has 2 N–H and O–H groups in total. The van der Waals surface area contributed by atoms with E-state index in [1.165, 1.54) is 0 Å². The summed E-state index contributed by atoms with van der Waals surface area (Å²) in [5, 5.41) is 10.8. The zero-order chi connectivity index (χ0) is 16.5. The molecule has 0 bridgehead atoms. The molecule has 0 saturated carbocycles. The van der Waals surface area contributed by atoms with E-state index in [4.69, 9.17) is 9.57 Å². The van der Waals surface area contributed by atoms with Gasteiger partial charge in [-0.3, -0.25) is 4.79 Å². The van der Waals surface area contributed by atoms with Crippen LogP contribution >= 0.6 is 0 Å².